The minimum atomic E-state index is -0.661. The molecule has 1 amide bonds. The summed E-state index contributed by atoms with van der Waals surface area (Å²) >= 11 is 0. The number of hydroxylamine groups is 2. The van der Waals surface area contributed by atoms with Crippen LogP contribution in [-0.2, 0) is 4.74 Å². The molecule has 0 fully saturated rings. The summed E-state index contributed by atoms with van der Waals surface area (Å²) in [6.07, 6.45) is 0.809. The van der Waals surface area contributed by atoms with Crippen LogP contribution in [0.15, 0.2) is 0 Å². The number of hydrogen-bond donors (Lipinski definition) is 1. The van der Waals surface area contributed by atoms with E-state index in [2.05, 4.69) is 0 Å². The highest BCUT2D eigenvalue weighted by Crippen LogP contribution is 2.01. The second-order valence-electron chi connectivity index (χ2n) is 2.72. The molecular formula is C8H17NO3. The molecule has 0 aromatic rings. The van der Waals surface area contributed by atoms with E-state index in [4.69, 9.17) is 4.74 Å². The minimum Gasteiger partial charge on any atom is -0.448 e. The lowest BCUT2D eigenvalue weighted by atomic mass is 10.3. The van der Waals surface area contributed by atoms with Crippen LogP contribution in [0.4, 0.5) is 4.79 Å². The van der Waals surface area contributed by atoms with Crippen LogP contribution >= 0.6 is 0 Å². The Labute approximate surface area is 73.1 Å². The van der Waals surface area contributed by atoms with Gasteiger partial charge in [-0.2, -0.15) is 5.06 Å². The van der Waals surface area contributed by atoms with E-state index in [0.29, 0.717) is 18.1 Å². The third kappa shape index (κ3) is 3.57. The summed E-state index contributed by atoms with van der Waals surface area (Å²) in [5, 5.41) is 9.81. The average molecular weight is 175 g/mol. The van der Waals surface area contributed by atoms with E-state index < -0.39 is 6.09 Å². The Morgan fingerprint density at radius 1 is 1.58 bits per heavy atom. The summed E-state index contributed by atoms with van der Waals surface area (Å²) in [5.74, 6) is 0. The Hall–Kier alpha value is -0.770. The summed E-state index contributed by atoms with van der Waals surface area (Å²) in [5.41, 5.74) is 0. The molecule has 0 aliphatic rings. The minimum absolute atomic E-state index is 0.186. The number of carbonyl (C=O) groups is 1. The van der Waals surface area contributed by atoms with Gasteiger partial charge >= 0.3 is 6.09 Å². The third-order valence-corrected chi connectivity index (χ3v) is 1.63. The van der Waals surface area contributed by atoms with Crippen LogP contribution in [0.3, 0.4) is 0 Å². The summed E-state index contributed by atoms with van der Waals surface area (Å²) in [7, 11) is 0. The number of ether oxygens (including phenoxy) is 1. The first kappa shape index (κ1) is 11.2. The van der Waals surface area contributed by atoms with Gasteiger partial charge in [-0.25, -0.2) is 4.79 Å². The molecule has 0 radical (unpaired) electrons. The molecule has 1 N–H and O–H groups in total. The molecule has 0 rings (SSSR count). The zero-order chi connectivity index (χ0) is 9.56. The maximum Gasteiger partial charge on any atom is 0.433 e. The van der Waals surface area contributed by atoms with Crippen LogP contribution in [0.2, 0.25) is 0 Å². The lowest BCUT2D eigenvalue weighted by molar-refractivity contribution is -0.100. The van der Waals surface area contributed by atoms with Gasteiger partial charge in [0.1, 0.15) is 0 Å². The summed E-state index contributed by atoms with van der Waals surface area (Å²) < 4.78 is 4.71. The summed E-state index contributed by atoms with van der Waals surface area (Å²) in [6.45, 7) is 5.90. The first-order chi connectivity index (χ1) is 5.63. The van der Waals surface area contributed by atoms with Gasteiger partial charge < -0.3 is 4.74 Å². The van der Waals surface area contributed by atoms with Crippen LogP contribution in [-0.4, -0.2) is 29.0 Å². The van der Waals surface area contributed by atoms with Crippen molar-refractivity contribution in [3.8, 4) is 0 Å². The van der Waals surface area contributed by atoms with Gasteiger partial charge in [-0.05, 0) is 19.8 Å². The fraction of sp³-hybridized carbons (Fsp3) is 0.875. The Kier molecular flexibility index (Phi) is 5.45. The monoisotopic (exact) mass is 175 g/mol. The number of carbonyl (C=O) groups excluding carboxylic acids is 1. The molecule has 4 nitrogen and oxygen atoms in total. The highest BCUT2D eigenvalue weighted by molar-refractivity contribution is 5.66. The largest absolute Gasteiger partial charge is 0.448 e. The molecule has 0 heterocycles. The lowest BCUT2D eigenvalue weighted by Crippen LogP contribution is -2.35. The first-order valence-electron chi connectivity index (χ1n) is 4.28. The van der Waals surface area contributed by atoms with Crippen LogP contribution in [0.1, 0.15) is 33.6 Å². The van der Waals surface area contributed by atoms with Gasteiger partial charge in [0.25, 0.3) is 0 Å². The molecule has 0 bridgehead atoms. The zero-order valence-electron chi connectivity index (χ0n) is 7.91. The van der Waals surface area contributed by atoms with Crippen LogP contribution in [0, 0.1) is 0 Å². The molecule has 72 valence electrons. The summed E-state index contributed by atoms with van der Waals surface area (Å²) in [4.78, 5) is 11.0. The topological polar surface area (TPSA) is 49.8 Å². The lowest BCUT2D eigenvalue weighted by Gasteiger charge is -2.20. The van der Waals surface area contributed by atoms with Crippen molar-refractivity contribution in [1.29, 1.82) is 0 Å². The van der Waals surface area contributed by atoms with Gasteiger partial charge in [-0.3, -0.25) is 5.21 Å². The Balaban J connectivity index is 3.75. The van der Waals surface area contributed by atoms with Crippen LogP contribution in [0.25, 0.3) is 0 Å². The van der Waals surface area contributed by atoms with Gasteiger partial charge in [0.15, 0.2) is 0 Å². The Morgan fingerprint density at radius 3 is 2.58 bits per heavy atom. The van der Waals surface area contributed by atoms with Crippen molar-refractivity contribution in [3.63, 3.8) is 0 Å². The molecule has 4 heteroatoms. The van der Waals surface area contributed by atoms with Gasteiger partial charge in [-0.15, -0.1) is 0 Å². The van der Waals surface area contributed by atoms with Gasteiger partial charge in [-0.1, -0.05) is 13.8 Å². The van der Waals surface area contributed by atoms with E-state index in [1.165, 1.54) is 0 Å². The number of nitrogens with zero attached hydrogens (tertiary/aromatic N) is 1. The third-order valence-electron chi connectivity index (χ3n) is 1.63. The molecule has 0 aliphatic heterocycles. The van der Waals surface area contributed by atoms with Gasteiger partial charge in [0.2, 0.25) is 0 Å². The van der Waals surface area contributed by atoms with E-state index in [0.717, 1.165) is 6.42 Å². The molecule has 1 unspecified atom stereocenters. The number of rotatable bonds is 4. The second-order valence-corrected chi connectivity index (χ2v) is 2.72. The van der Waals surface area contributed by atoms with Crippen LogP contribution < -0.4 is 0 Å². The SMILES string of the molecule is CCCOC(=O)N(O)C(C)CC. The van der Waals surface area contributed by atoms with Crippen LogP contribution in [0.5, 0.6) is 0 Å². The molecule has 0 saturated heterocycles. The maximum absolute atomic E-state index is 11.0. The van der Waals surface area contributed by atoms with Crippen molar-refractivity contribution in [2.75, 3.05) is 6.61 Å². The van der Waals surface area contributed by atoms with Crippen molar-refractivity contribution >= 4 is 6.09 Å². The predicted molar refractivity (Wildman–Crippen MR) is 45.0 cm³/mol. The Bertz CT molecular complexity index is 138. The van der Waals surface area contributed by atoms with E-state index >= 15 is 0 Å². The molecule has 0 aromatic carbocycles. The van der Waals surface area contributed by atoms with Crippen molar-refractivity contribution < 1.29 is 14.7 Å². The smallest absolute Gasteiger partial charge is 0.433 e. The Morgan fingerprint density at radius 2 is 2.17 bits per heavy atom. The zero-order valence-corrected chi connectivity index (χ0v) is 7.91. The van der Waals surface area contributed by atoms with Crippen molar-refractivity contribution in [3.05, 3.63) is 0 Å². The molecule has 12 heavy (non-hydrogen) atoms. The highest BCUT2D eigenvalue weighted by Gasteiger charge is 2.16. The van der Waals surface area contributed by atoms with E-state index in [1.54, 1.807) is 6.92 Å². The molecule has 0 saturated carbocycles. The van der Waals surface area contributed by atoms with E-state index in [-0.39, 0.29) is 6.04 Å². The molecule has 0 spiro atoms. The number of amides is 1. The molecule has 1 atom stereocenters. The van der Waals surface area contributed by atoms with Crippen molar-refractivity contribution in [2.24, 2.45) is 0 Å². The molecule has 0 aliphatic carbocycles. The van der Waals surface area contributed by atoms with Gasteiger partial charge in [0.05, 0.1) is 12.6 Å². The maximum atomic E-state index is 11.0. The average Bonchev–Trinajstić information content (AvgIpc) is 2.11. The predicted octanol–water partition coefficient (Wildman–Crippen LogP) is 2.02. The fourth-order valence-corrected chi connectivity index (χ4v) is 0.608. The summed E-state index contributed by atoms with van der Waals surface area (Å²) in [6, 6.07) is -0.186. The van der Waals surface area contributed by atoms with Gasteiger partial charge in [0, 0.05) is 0 Å². The molecular weight excluding hydrogens is 158 g/mol. The van der Waals surface area contributed by atoms with Crippen molar-refractivity contribution in [1.82, 2.24) is 5.06 Å². The highest BCUT2D eigenvalue weighted by atomic mass is 16.6. The standard InChI is InChI=1S/C8H17NO3/c1-4-6-12-8(10)9(11)7(3)5-2/h7,11H,4-6H2,1-3H3. The molecule has 0 aromatic heterocycles. The van der Waals surface area contributed by atoms with E-state index in [1.807, 2.05) is 13.8 Å². The fourth-order valence-electron chi connectivity index (χ4n) is 0.608. The van der Waals surface area contributed by atoms with E-state index in [9.17, 15) is 10.0 Å². The quantitative estimate of drug-likeness (QED) is 0.525. The first-order valence-corrected chi connectivity index (χ1v) is 4.28. The van der Waals surface area contributed by atoms with Crippen molar-refractivity contribution in [2.45, 2.75) is 39.7 Å². The second kappa shape index (κ2) is 5.83. The number of hydrogen-bond acceptors (Lipinski definition) is 3. The normalized spacial score (nSPS) is 12.3.